The van der Waals surface area contributed by atoms with E-state index < -0.39 is 0 Å². The van der Waals surface area contributed by atoms with Crippen LogP contribution in [0, 0.1) is 11.8 Å². The SMILES string of the molecule is CC(C)(C)N1CC(C(=O)N2CCC(C(=O)NC3CCSC3=O)CC2)CC1=O. The van der Waals surface area contributed by atoms with Gasteiger partial charge in [0.1, 0.15) is 0 Å². The lowest BCUT2D eigenvalue weighted by molar-refractivity contribution is -0.139. The molecule has 2 unspecified atom stereocenters. The minimum absolute atomic E-state index is 0.0244. The molecule has 3 saturated heterocycles. The van der Waals surface area contributed by atoms with Gasteiger partial charge in [-0.1, -0.05) is 11.8 Å². The van der Waals surface area contributed by atoms with E-state index in [1.807, 2.05) is 20.8 Å². The normalized spacial score (nSPS) is 27.4. The first kappa shape index (κ1) is 20.2. The second-order valence-electron chi connectivity index (χ2n) is 8.69. The van der Waals surface area contributed by atoms with Gasteiger partial charge in [0.05, 0.1) is 12.0 Å². The van der Waals surface area contributed by atoms with Crippen LogP contribution in [-0.4, -0.2) is 69.6 Å². The number of nitrogens with zero attached hydrogens (tertiary/aromatic N) is 2. The highest BCUT2D eigenvalue weighted by atomic mass is 32.2. The molecular weight excluding hydrogens is 366 g/mol. The molecule has 1 N–H and O–H groups in total. The van der Waals surface area contributed by atoms with Gasteiger partial charge in [-0.15, -0.1) is 0 Å². The molecule has 3 aliphatic rings. The van der Waals surface area contributed by atoms with Crippen LogP contribution in [0.25, 0.3) is 0 Å². The van der Waals surface area contributed by atoms with Crippen LogP contribution in [0.1, 0.15) is 46.5 Å². The summed E-state index contributed by atoms with van der Waals surface area (Å²) in [6.45, 7) is 7.48. The first-order valence-electron chi connectivity index (χ1n) is 9.73. The van der Waals surface area contributed by atoms with Crippen LogP contribution in [0.15, 0.2) is 0 Å². The third kappa shape index (κ3) is 4.47. The maximum Gasteiger partial charge on any atom is 0.227 e. The average molecular weight is 396 g/mol. The molecule has 3 amide bonds. The molecule has 3 rings (SSSR count). The van der Waals surface area contributed by atoms with Crippen LogP contribution in [-0.2, 0) is 19.2 Å². The van der Waals surface area contributed by atoms with Gasteiger partial charge in [0, 0.05) is 43.3 Å². The fraction of sp³-hybridized carbons (Fsp3) is 0.789. The van der Waals surface area contributed by atoms with Gasteiger partial charge in [-0.25, -0.2) is 0 Å². The van der Waals surface area contributed by atoms with E-state index in [9.17, 15) is 19.2 Å². The number of thioether (sulfide) groups is 1. The van der Waals surface area contributed by atoms with Crippen molar-refractivity contribution in [2.75, 3.05) is 25.4 Å². The molecule has 0 aromatic carbocycles. The van der Waals surface area contributed by atoms with Crippen molar-refractivity contribution in [2.45, 2.75) is 58.0 Å². The van der Waals surface area contributed by atoms with Crippen molar-refractivity contribution in [3.05, 3.63) is 0 Å². The van der Waals surface area contributed by atoms with Gasteiger partial charge < -0.3 is 15.1 Å². The Morgan fingerprint density at radius 1 is 1.07 bits per heavy atom. The Hall–Kier alpha value is -1.57. The van der Waals surface area contributed by atoms with Crippen molar-refractivity contribution >= 4 is 34.6 Å². The standard InChI is InChI=1S/C19H29N3O4S/c1-19(2,3)22-11-13(10-15(22)23)17(25)21-7-4-12(5-8-21)16(24)20-14-6-9-27-18(14)26/h12-14H,4-11H2,1-3H3,(H,20,24). The lowest BCUT2D eigenvalue weighted by Gasteiger charge is -2.34. The molecule has 0 radical (unpaired) electrons. The van der Waals surface area contributed by atoms with E-state index in [4.69, 9.17) is 0 Å². The highest BCUT2D eigenvalue weighted by molar-refractivity contribution is 8.14. The lowest BCUT2D eigenvalue weighted by atomic mass is 9.94. The lowest BCUT2D eigenvalue weighted by Crippen LogP contribution is -2.48. The number of hydrogen-bond donors (Lipinski definition) is 1. The largest absolute Gasteiger partial charge is 0.345 e. The summed E-state index contributed by atoms with van der Waals surface area (Å²) in [5, 5.41) is 2.91. The molecule has 2 atom stereocenters. The molecule has 0 aromatic rings. The maximum atomic E-state index is 12.8. The van der Waals surface area contributed by atoms with Crippen LogP contribution in [0.3, 0.4) is 0 Å². The molecule has 7 nitrogen and oxygen atoms in total. The second kappa shape index (κ2) is 7.81. The predicted octanol–water partition coefficient (Wildman–Crippen LogP) is 1.02. The number of amides is 3. The summed E-state index contributed by atoms with van der Waals surface area (Å²) in [6.07, 6.45) is 2.19. The minimum atomic E-state index is -0.352. The zero-order chi connectivity index (χ0) is 19.8. The molecule has 0 saturated carbocycles. The molecule has 0 aliphatic carbocycles. The van der Waals surface area contributed by atoms with Gasteiger partial charge >= 0.3 is 0 Å². The smallest absolute Gasteiger partial charge is 0.227 e. The number of carbonyl (C=O) groups is 4. The number of likely N-dealkylation sites (tertiary alicyclic amines) is 2. The third-order valence-corrected chi connectivity index (χ3v) is 6.72. The summed E-state index contributed by atoms with van der Waals surface area (Å²) in [7, 11) is 0. The number of nitrogens with one attached hydrogen (secondary N) is 1. The van der Waals surface area contributed by atoms with Gasteiger partial charge in [-0.05, 0) is 40.0 Å². The van der Waals surface area contributed by atoms with Gasteiger partial charge in [-0.3, -0.25) is 19.2 Å². The molecule has 3 aliphatic heterocycles. The van der Waals surface area contributed by atoms with Gasteiger partial charge in [-0.2, -0.15) is 0 Å². The minimum Gasteiger partial charge on any atom is -0.345 e. The first-order valence-corrected chi connectivity index (χ1v) is 10.7. The molecule has 3 fully saturated rings. The second-order valence-corrected chi connectivity index (χ2v) is 9.79. The molecule has 150 valence electrons. The molecular formula is C19H29N3O4S. The molecule has 0 aromatic heterocycles. The van der Waals surface area contributed by atoms with Crippen molar-refractivity contribution in [3.8, 4) is 0 Å². The molecule has 3 heterocycles. The molecule has 8 heteroatoms. The summed E-state index contributed by atoms with van der Waals surface area (Å²) >= 11 is 1.28. The van der Waals surface area contributed by atoms with E-state index in [0.29, 0.717) is 38.9 Å². The van der Waals surface area contributed by atoms with Crippen LogP contribution >= 0.6 is 11.8 Å². The monoisotopic (exact) mass is 395 g/mol. The van der Waals surface area contributed by atoms with Crippen molar-refractivity contribution in [1.29, 1.82) is 0 Å². The number of hydrogen-bond acceptors (Lipinski definition) is 5. The van der Waals surface area contributed by atoms with E-state index in [2.05, 4.69) is 5.32 Å². The van der Waals surface area contributed by atoms with Crippen LogP contribution in [0.4, 0.5) is 0 Å². The Labute approximate surface area is 164 Å². The zero-order valence-corrected chi connectivity index (χ0v) is 17.1. The molecule has 0 spiro atoms. The quantitative estimate of drug-likeness (QED) is 0.771. The molecule has 27 heavy (non-hydrogen) atoms. The fourth-order valence-corrected chi connectivity index (χ4v) is 4.99. The van der Waals surface area contributed by atoms with E-state index >= 15 is 0 Å². The predicted molar refractivity (Wildman–Crippen MR) is 103 cm³/mol. The summed E-state index contributed by atoms with van der Waals surface area (Å²) in [6, 6.07) is -0.352. The van der Waals surface area contributed by atoms with Crippen LogP contribution in [0.2, 0.25) is 0 Å². The topological polar surface area (TPSA) is 86.8 Å². The molecule has 0 bridgehead atoms. The first-order chi connectivity index (χ1) is 12.7. The zero-order valence-electron chi connectivity index (χ0n) is 16.3. The number of piperidine rings is 1. The summed E-state index contributed by atoms with van der Waals surface area (Å²) in [4.78, 5) is 52.7. The summed E-state index contributed by atoms with van der Waals surface area (Å²) in [5.74, 6) is 0.324. The Kier molecular flexibility index (Phi) is 5.84. The van der Waals surface area contributed by atoms with Gasteiger partial charge in [0.15, 0.2) is 0 Å². The highest BCUT2D eigenvalue weighted by Gasteiger charge is 2.41. The van der Waals surface area contributed by atoms with Gasteiger partial charge in [0.25, 0.3) is 0 Å². The highest BCUT2D eigenvalue weighted by Crippen LogP contribution is 2.29. The summed E-state index contributed by atoms with van der Waals surface area (Å²) in [5.41, 5.74) is -0.271. The van der Waals surface area contributed by atoms with Crippen molar-refractivity contribution < 1.29 is 19.2 Å². The van der Waals surface area contributed by atoms with Crippen LogP contribution in [0.5, 0.6) is 0 Å². The third-order valence-electron chi connectivity index (χ3n) is 5.71. The fourth-order valence-electron chi connectivity index (χ4n) is 4.06. The maximum absolute atomic E-state index is 12.8. The van der Waals surface area contributed by atoms with Crippen molar-refractivity contribution in [1.82, 2.24) is 15.1 Å². The van der Waals surface area contributed by atoms with Crippen molar-refractivity contribution in [3.63, 3.8) is 0 Å². The Morgan fingerprint density at radius 3 is 2.26 bits per heavy atom. The van der Waals surface area contributed by atoms with Gasteiger partial charge in [0.2, 0.25) is 22.8 Å². The van der Waals surface area contributed by atoms with Crippen molar-refractivity contribution in [2.24, 2.45) is 11.8 Å². The van der Waals surface area contributed by atoms with E-state index in [0.717, 1.165) is 5.75 Å². The average Bonchev–Trinajstić information content (AvgIpc) is 3.20. The Balaban J connectivity index is 1.49. The number of rotatable bonds is 3. The van der Waals surface area contributed by atoms with Crippen LogP contribution < -0.4 is 5.32 Å². The Bertz CT molecular complexity index is 637. The van der Waals surface area contributed by atoms with E-state index in [1.54, 1.807) is 9.80 Å². The van der Waals surface area contributed by atoms with E-state index in [-0.39, 0.29) is 52.7 Å². The summed E-state index contributed by atoms with van der Waals surface area (Å²) < 4.78 is 0. The Morgan fingerprint density at radius 2 is 1.74 bits per heavy atom. The van der Waals surface area contributed by atoms with E-state index in [1.165, 1.54) is 11.8 Å². The number of carbonyl (C=O) groups excluding carboxylic acids is 4.